The highest BCUT2D eigenvalue weighted by molar-refractivity contribution is 5.30. The molecule has 5 heteroatoms. The van der Waals surface area contributed by atoms with Crippen LogP contribution in [0.25, 0.3) is 0 Å². The van der Waals surface area contributed by atoms with E-state index in [1.807, 2.05) is 11.7 Å². The van der Waals surface area contributed by atoms with Crippen LogP contribution in [0.15, 0.2) is 48.7 Å². The van der Waals surface area contributed by atoms with Gasteiger partial charge < -0.3 is 4.74 Å². The van der Waals surface area contributed by atoms with E-state index in [2.05, 4.69) is 72.5 Å². The molecule has 0 unspecified atom stereocenters. The predicted molar refractivity (Wildman–Crippen MR) is 110 cm³/mol. The SMILES string of the molecule is Cc1ccccc1Cc1cccc([C@H]2CN(Cc3cn(C)nc3C)CCO2)n1. The summed E-state index contributed by atoms with van der Waals surface area (Å²) in [5, 5.41) is 4.46. The Morgan fingerprint density at radius 1 is 1.07 bits per heavy atom. The van der Waals surface area contributed by atoms with Crippen LogP contribution in [0.3, 0.4) is 0 Å². The van der Waals surface area contributed by atoms with Gasteiger partial charge in [-0.05, 0) is 37.1 Å². The lowest BCUT2D eigenvalue weighted by Crippen LogP contribution is -2.38. The molecule has 3 aromatic rings. The lowest BCUT2D eigenvalue weighted by molar-refractivity contribution is -0.0351. The Balaban J connectivity index is 1.46. The zero-order chi connectivity index (χ0) is 19.5. The maximum atomic E-state index is 6.07. The molecule has 2 aromatic heterocycles. The van der Waals surface area contributed by atoms with Crippen LogP contribution in [0.1, 0.15) is 39.9 Å². The van der Waals surface area contributed by atoms with E-state index in [4.69, 9.17) is 9.72 Å². The van der Waals surface area contributed by atoms with Crippen molar-refractivity contribution >= 4 is 0 Å². The average Bonchev–Trinajstić information content (AvgIpc) is 3.01. The number of pyridine rings is 1. The van der Waals surface area contributed by atoms with Crippen molar-refractivity contribution in [2.45, 2.75) is 32.9 Å². The molecule has 0 saturated carbocycles. The van der Waals surface area contributed by atoms with Gasteiger partial charge >= 0.3 is 0 Å². The lowest BCUT2D eigenvalue weighted by atomic mass is 10.0. The molecule has 0 spiro atoms. The van der Waals surface area contributed by atoms with E-state index >= 15 is 0 Å². The fraction of sp³-hybridized carbons (Fsp3) is 0.391. The van der Waals surface area contributed by atoms with Crippen molar-refractivity contribution in [3.8, 4) is 0 Å². The van der Waals surface area contributed by atoms with Crippen molar-refractivity contribution in [3.05, 3.63) is 82.4 Å². The molecule has 4 rings (SSSR count). The zero-order valence-electron chi connectivity index (χ0n) is 16.9. The summed E-state index contributed by atoms with van der Waals surface area (Å²) < 4.78 is 7.96. The van der Waals surface area contributed by atoms with Crippen molar-refractivity contribution in [1.29, 1.82) is 0 Å². The summed E-state index contributed by atoms with van der Waals surface area (Å²) in [6, 6.07) is 14.8. The van der Waals surface area contributed by atoms with Crippen LogP contribution in [0.4, 0.5) is 0 Å². The highest BCUT2D eigenvalue weighted by Gasteiger charge is 2.24. The third kappa shape index (κ3) is 4.32. The molecule has 0 aliphatic carbocycles. The molecule has 1 saturated heterocycles. The highest BCUT2D eigenvalue weighted by Crippen LogP contribution is 2.23. The molecule has 0 amide bonds. The minimum Gasteiger partial charge on any atom is -0.369 e. The van der Waals surface area contributed by atoms with Gasteiger partial charge in [-0.15, -0.1) is 0 Å². The molecule has 0 N–H and O–H groups in total. The van der Waals surface area contributed by atoms with E-state index in [0.717, 1.165) is 49.7 Å². The van der Waals surface area contributed by atoms with E-state index < -0.39 is 0 Å². The first kappa shape index (κ1) is 18.8. The minimum absolute atomic E-state index is 0.0162. The van der Waals surface area contributed by atoms with Crippen molar-refractivity contribution in [1.82, 2.24) is 19.7 Å². The Bertz CT molecular complexity index is 949. The highest BCUT2D eigenvalue weighted by atomic mass is 16.5. The number of benzene rings is 1. The third-order valence-electron chi connectivity index (χ3n) is 5.45. The van der Waals surface area contributed by atoms with Crippen LogP contribution in [0.2, 0.25) is 0 Å². The van der Waals surface area contributed by atoms with Crippen LogP contribution >= 0.6 is 0 Å². The van der Waals surface area contributed by atoms with E-state index in [9.17, 15) is 0 Å². The Morgan fingerprint density at radius 2 is 1.93 bits per heavy atom. The topological polar surface area (TPSA) is 43.2 Å². The van der Waals surface area contributed by atoms with Crippen LogP contribution in [-0.2, 0) is 24.8 Å². The number of rotatable bonds is 5. The predicted octanol–water partition coefficient (Wildman–Crippen LogP) is 3.60. The fourth-order valence-electron chi connectivity index (χ4n) is 3.85. The molecule has 1 aliphatic rings. The first-order valence-electron chi connectivity index (χ1n) is 9.92. The summed E-state index contributed by atoms with van der Waals surface area (Å²) in [4.78, 5) is 7.37. The number of hydrogen-bond donors (Lipinski definition) is 0. The van der Waals surface area contributed by atoms with Gasteiger partial charge in [-0.2, -0.15) is 5.10 Å². The van der Waals surface area contributed by atoms with Gasteiger partial charge in [-0.1, -0.05) is 30.3 Å². The number of ether oxygens (including phenoxy) is 1. The van der Waals surface area contributed by atoms with Gasteiger partial charge in [0.25, 0.3) is 0 Å². The second-order valence-electron chi connectivity index (χ2n) is 7.67. The first-order chi connectivity index (χ1) is 13.6. The summed E-state index contributed by atoms with van der Waals surface area (Å²) >= 11 is 0. The normalized spacial score (nSPS) is 17.8. The average molecular weight is 377 g/mol. The number of hydrogen-bond acceptors (Lipinski definition) is 4. The van der Waals surface area contributed by atoms with E-state index in [1.165, 1.54) is 16.7 Å². The summed E-state index contributed by atoms with van der Waals surface area (Å²) in [6.07, 6.45) is 2.98. The Morgan fingerprint density at radius 3 is 2.71 bits per heavy atom. The summed E-state index contributed by atoms with van der Waals surface area (Å²) in [6.45, 7) is 7.66. The van der Waals surface area contributed by atoms with Crippen molar-refractivity contribution in [2.24, 2.45) is 7.05 Å². The number of nitrogens with zero attached hydrogens (tertiary/aromatic N) is 4. The van der Waals surface area contributed by atoms with Gasteiger partial charge in [0.05, 0.1) is 18.0 Å². The monoisotopic (exact) mass is 376 g/mol. The van der Waals surface area contributed by atoms with Gasteiger partial charge in [-0.25, -0.2) is 0 Å². The molecular formula is C23H28N4O. The first-order valence-corrected chi connectivity index (χ1v) is 9.92. The van der Waals surface area contributed by atoms with Crippen molar-refractivity contribution < 1.29 is 4.74 Å². The van der Waals surface area contributed by atoms with Gasteiger partial charge in [0, 0.05) is 50.6 Å². The van der Waals surface area contributed by atoms with E-state index in [0.29, 0.717) is 0 Å². The smallest absolute Gasteiger partial charge is 0.112 e. The molecular weight excluding hydrogens is 348 g/mol. The molecule has 3 heterocycles. The maximum absolute atomic E-state index is 6.07. The Kier molecular flexibility index (Phi) is 5.55. The van der Waals surface area contributed by atoms with Crippen LogP contribution < -0.4 is 0 Å². The molecule has 1 aromatic carbocycles. The van der Waals surface area contributed by atoms with Crippen LogP contribution in [-0.4, -0.2) is 39.4 Å². The molecule has 0 bridgehead atoms. The van der Waals surface area contributed by atoms with Gasteiger partial charge in [0.15, 0.2) is 0 Å². The molecule has 5 nitrogen and oxygen atoms in total. The van der Waals surface area contributed by atoms with Crippen LogP contribution in [0, 0.1) is 13.8 Å². The molecule has 146 valence electrons. The van der Waals surface area contributed by atoms with E-state index in [1.54, 1.807) is 0 Å². The lowest BCUT2D eigenvalue weighted by Gasteiger charge is -2.32. The zero-order valence-corrected chi connectivity index (χ0v) is 16.9. The number of aromatic nitrogens is 3. The van der Waals surface area contributed by atoms with Gasteiger partial charge in [0.2, 0.25) is 0 Å². The van der Waals surface area contributed by atoms with Gasteiger partial charge in [-0.3, -0.25) is 14.6 Å². The Hall–Kier alpha value is -2.50. The molecule has 28 heavy (non-hydrogen) atoms. The molecule has 1 aliphatic heterocycles. The molecule has 0 radical (unpaired) electrons. The minimum atomic E-state index is 0.0162. The fourth-order valence-corrected chi connectivity index (χ4v) is 3.85. The summed E-state index contributed by atoms with van der Waals surface area (Å²) in [5.74, 6) is 0. The number of aryl methyl sites for hydroxylation is 3. The summed E-state index contributed by atoms with van der Waals surface area (Å²) in [5.41, 5.74) is 7.13. The maximum Gasteiger partial charge on any atom is 0.112 e. The second-order valence-corrected chi connectivity index (χ2v) is 7.67. The van der Waals surface area contributed by atoms with Crippen LogP contribution in [0.5, 0.6) is 0 Å². The van der Waals surface area contributed by atoms with Crippen molar-refractivity contribution in [2.75, 3.05) is 19.7 Å². The molecule has 1 fully saturated rings. The van der Waals surface area contributed by atoms with E-state index in [-0.39, 0.29) is 6.10 Å². The molecule has 1 atom stereocenters. The van der Waals surface area contributed by atoms with Gasteiger partial charge in [0.1, 0.15) is 6.10 Å². The quantitative estimate of drug-likeness (QED) is 0.682. The Labute approximate surface area is 167 Å². The second kappa shape index (κ2) is 8.25. The number of morpholine rings is 1. The standard InChI is InChI=1S/C23H28N4O/c1-17-7-4-5-8-19(17)13-21-9-6-10-22(24-21)23-16-27(11-12-28-23)15-20-14-26(3)25-18(20)2/h4-10,14,23H,11-13,15-16H2,1-3H3/t23-/m1/s1. The van der Waals surface area contributed by atoms with Crippen molar-refractivity contribution in [3.63, 3.8) is 0 Å². The summed E-state index contributed by atoms with van der Waals surface area (Å²) in [7, 11) is 1.97. The third-order valence-corrected chi connectivity index (χ3v) is 5.45. The largest absolute Gasteiger partial charge is 0.369 e.